The number of ether oxygens (including phenoxy) is 1. The average molecular weight is 212 g/mol. The van der Waals surface area contributed by atoms with E-state index in [-0.39, 0.29) is 11.4 Å². The first-order chi connectivity index (χ1) is 6.87. The topological polar surface area (TPSA) is 26.3 Å². The van der Waals surface area contributed by atoms with Gasteiger partial charge in [0.25, 0.3) is 0 Å². The summed E-state index contributed by atoms with van der Waals surface area (Å²) >= 11 is 0. The van der Waals surface area contributed by atoms with E-state index in [0.717, 1.165) is 19.3 Å². The average Bonchev–Trinajstić information content (AvgIpc) is 2.45. The van der Waals surface area contributed by atoms with Crippen LogP contribution in [0.15, 0.2) is 0 Å². The van der Waals surface area contributed by atoms with Gasteiger partial charge in [-0.25, -0.2) is 0 Å². The van der Waals surface area contributed by atoms with Crippen LogP contribution in [0.25, 0.3) is 0 Å². The lowest BCUT2D eigenvalue weighted by Gasteiger charge is -2.29. The Kier molecular flexibility index (Phi) is 3.80. The normalized spacial score (nSPS) is 26.8. The second-order valence-corrected chi connectivity index (χ2v) is 6.15. The molecule has 0 saturated carbocycles. The van der Waals surface area contributed by atoms with Crippen molar-refractivity contribution in [2.24, 2.45) is 10.8 Å². The lowest BCUT2D eigenvalue weighted by molar-refractivity contribution is -0.137. The fourth-order valence-corrected chi connectivity index (χ4v) is 2.26. The van der Waals surface area contributed by atoms with E-state index in [1.807, 2.05) is 0 Å². The first-order valence-electron chi connectivity index (χ1n) is 6.03. The molecule has 1 saturated heterocycles. The predicted molar refractivity (Wildman–Crippen MR) is 61.6 cm³/mol. The highest BCUT2D eigenvalue weighted by molar-refractivity contribution is 5.72. The molecule has 0 radical (unpaired) electrons. The number of carbonyl (C=O) groups is 1. The van der Waals surface area contributed by atoms with Gasteiger partial charge >= 0.3 is 5.97 Å². The van der Waals surface area contributed by atoms with Crippen molar-refractivity contribution in [2.75, 3.05) is 6.61 Å². The highest BCUT2D eigenvalue weighted by atomic mass is 16.5. The Morgan fingerprint density at radius 2 is 2.00 bits per heavy atom. The molecule has 0 aliphatic carbocycles. The van der Waals surface area contributed by atoms with Gasteiger partial charge in [0.05, 0.1) is 13.0 Å². The van der Waals surface area contributed by atoms with Crippen LogP contribution in [0.3, 0.4) is 0 Å². The SMILES string of the molecule is CCCC1(CCC(C)(C)C)COC(=O)C1. The van der Waals surface area contributed by atoms with E-state index < -0.39 is 0 Å². The van der Waals surface area contributed by atoms with Crippen molar-refractivity contribution >= 4 is 5.97 Å². The zero-order chi connectivity index (χ0) is 11.5. The highest BCUT2D eigenvalue weighted by Gasteiger charge is 2.39. The van der Waals surface area contributed by atoms with Crippen molar-refractivity contribution in [3.05, 3.63) is 0 Å². The molecule has 2 heteroatoms. The maximum absolute atomic E-state index is 11.2. The van der Waals surface area contributed by atoms with E-state index >= 15 is 0 Å². The smallest absolute Gasteiger partial charge is 0.306 e. The summed E-state index contributed by atoms with van der Waals surface area (Å²) in [4.78, 5) is 11.2. The molecule has 0 aromatic rings. The minimum atomic E-state index is -0.00245. The number of rotatable bonds is 4. The number of hydrogen-bond acceptors (Lipinski definition) is 2. The summed E-state index contributed by atoms with van der Waals surface area (Å²) in [5.74, 6) is -0.00245. The van der Waals surface area contributed by atoms with E-state index in [9.17, 15) is 4.79 Å². The summed E-state index contributed by atoms with van der Waals surface area (Å²) in [5, 5.41) is 0. The molecule has 15 heavy (non-hydrogen) atoms. The van der Waals surface area contributed by atoms with Crippen molar-refractivity contribution in [2.45, 2.75) is 59.8 Å². The van der Waals surface area contributed by atoms with Crippen LogP contribution in [0.4, 0.5) is 0 Å². The minimum Gasteiger partial charge on any atom is -0.465 e. The van der Waals surface area contributed by atoms with Crippen molar-refractivity contribution in [1.82, 2.24) is 0 Å². The van der Waals surface area contributed by atoms with Crippen LogP contribution in [-0.4, -0.2) is 12.6 Å². The van der Waals surface area contributed by atoms with Crippen molar-refractivity contribution < 1.29 is 9.53 Å². The van der Waals surface area contributed by atoms with Gasteiger partial charge in [-0.15, -0.1) is 0 Å². The standard InChI is InChI=1S/C13H24O2/c1-5-6-13(8-7-12(2,3)4)9-11(14)15-10-13/h5-10H2,1-4H3. The van der Waals surface area contributed by atoms with Crippen molar-refractivity contribution in [3.63, 3.8) is 0 Å². The van der Waals surface area contributed by atoms with Crippen LogP contribution in [-0.2, 0) is 9.53 Å². The van der Waals surface area contributed by atoms with Gasteiger partial charge in [-0.1, -0.05) is 34.1 Å². The third-order valence-corrected chi connectivity index (χ3v) is 3.24. The highest BCUT2D eigenvalue weighted by Crippen LogP contribution is 2.41. The molecule has 0 aromatic carbocycles. The number of carbonyl (C=O) groups excluding carboxylic acids is 1. The van der Waals surface area contributed by atoms with Crippen LogP contribution >= 0.6 is 0 Å². The molecule has 2 nitrogen and oxygen atoms in total. The number of esters is 1. The Hall–Kier alpha value is -0.530. The molecule has 1 aliphatic rings. The molecular weight excluding hydrogens is 188 g/mol. The van der Waals surface area contributed by atoms with E-state index in [4.69, 9.17) is 4.74 Å². The summed E-state index contributed by atoms with van der Waals surface area (Å²) < 4.78 is 5.15. The molecule has 88 valence electrons. The lowest BCUT2D eigenvalue weighted by atomic mass is 9.74. The molecule has 1 aliphatic heterocycles. The third kappa shape index (κ3) is 3.84. The number of cyclic esters (lactones) is 1. The van der Waals surface area contributed by atoms with Gasteiger partial charge in [-0.2, -0.15) is 0 Å². The Morgan fingerprint density at radius 1 is 1.33 bits per heavy atom. The summed E-state index contributed by atoms with van der Waals surface area (Å²) in [6.45, 7) is 9.59. The van der Waals surface area contributed by atoms with Crippen LogP contribution < -0.4 is 0 Å². The van der Waals surface area contributed by atoms with Gasteiger partial charge in [-0.3, -0.25) is 4.79 Å². The zero-order valence-electron chi connectivity index (χ0n) is 10.6. The molecule has 0 amide bonds. The van der Waals surface area contributed by atoms with Crippen LogP contribution in [0.5, 0.6) is 0 Å². The molecule has 1 unspecified atom stereocenters. The van der Waals surface area contributed by atoms with Crippen molar-refractivity contribution in [1.29, 1.82) is 0 Å². The molecule has 0 aromatic heterocycles. The van der Waals surface area contributed by atoms with E-state index in [1.165, 1.54) is 6.42 Å². The third-order valence-electron chi connectivity index (χ3n) is 3.24. The van der Waals surface area contributed by atoms with Gasteiger partial charge in [0.2, 0.25) is 0 Å². The summed E-state index contributed by atoms with van der Waals surface area (Å²) in [7, 11) is 0. The van der Waals surface area contributed by atoms with Gasteiger partial charge in [0.1, 0.15) is 0 Å². The molecular formula is C13H24O2. The Balaban J connectivity index is 2.55. The van der Waals surface area contributed by atoms with Crippen LogP contribution in [0.1, 0.15) is 59.8 Å². The Labute approximate surface area is 93.4 Å². The molecule has 1 heterocycles. The summed E-state index contributed by atoms with van der Waals surface area (Å²) in [6, 6.07) is 0. The molecule has 0 spiro atoms. The van der Waals surface area contributed by atoms with E-state index in [2.05, 4.69) is 27.7 Å². The van der Waals surface area contributed by atoms with Gasteiger partial charge in [-0.05, 0) is 24.7 Å². The second-order valence-electron chi connectivity index (χ2n) is 6.15. The molecule has 1 fully saturated rings. The second kappa shape index (κ2) is 4.54. The Morgan fingerprint density at radius 3 is 2.40 bits per heavy atom. The quantitative estimate of drug-likeness (QED) is 0.666. The van der Waals surface area contributed by atoms with Crippen LogP contribution in [0.2, 0.25) is 0 Å². The lowest BCUT2D eigenvalue weighted by Crippen LogP contribution is -2.23. The predicted octanol–water partition coefficient (Wildman–Crippen LogP) is 3.55. The largest absolute Gasteiger partial charge is 0.465 e. The monoisotopic (exact) mass is 212 g/mol. The summed E-state index contributed by atoms with van der Waals surface area (Å²) in [6.07, 6.45) is 5.19. The molecule has 0 N–H and O–H groups in total. The first kappa shape index (κ1) is 12.5. The van der Waals surface area contributed by atoms with Gasteiger partial charge in [0, 0.05) is 5.41 Å². The first-order valence-corrected chi connectivity index (χ1v) is 6.03. The molecule has 1 rings (SSSR count). The molecule has 1 atom stereocenters. The fourth-order valence-electron chi connectivity index (χ4n) is 2.26. The van der Waals surface area contributed by atoms with Crippen LogP contribution in [0, 0.1) is 10.8 Å². The number of hydrogen-bond donors (Lipinski definition) is 0. The Bertz CT molecular complexity index is 227. The van der Waals surface area contributed by atoms with E-state index in [0.29, 0.717) is 18.4 Å². The minimum absolute atomic E-state index is 0.00245. The maximum atomic E-state index is 11.2. The fraction of sp³-hybridized carbons (Fsp3) is 0.923. The van der Waals surface area contributed by atoms with Crippen molar-refractivity contribution in [3.8, 4) is 0 Å². The maximum Gasteiger partial charge on any atom is 0.306 e. The van der Waals surface area contributed by atoms with E-state index in [1.54, 1.807) is 0 Å². The van der Waals surface area contributed by atoms with Gasteiger partial charge < -0.3 is 4.74 Å². The molecule has 0 bridgehead atoms. The van der Waals surface area contributed by atoms with Gasteiger partial charge in [0.15, 0.2) is 0 Å². The zero-order valence-corrected chi connectivity index (χ0v) is 10.6. The summed E-state index contributed by atoms with van der Waals surface area (Å²) in [5.41, 5.74) is 0.505.